The molecule has 1 spiro atoms. The second kappa shape index (κ2) is 7.32. The number of hydrogen-bond acceptors (Lipinski definition) is 3. The van der Waals surface area contributed by atoms with Gasteiger partial charge in [-0.15, -0.1) is 0 Å². The molecule has 2 heterocycles. The van der Waals surface area contributed by atoms with Gasteiger partial charge < -0.3 is 14.4 Å². The van der Waals surface area contributed by atoms with Crippen LogP contribution in [0.2, 0.25) is 0 Å². The van der Waals surface area contributed by atoms with Gasteiger partial charge >= 0.3 is 0 Å². The Labute approximate surface area is 156 Å². The summed E-state index contributed by atoms with van der Waals surface area (Å²) in [5, 5.41) is 0. The second-order valence-electron chi connectivity index (χ2n) is 7.47. The Bertz CT molecular complexity index is 763. The van der Waals surface area contributed by atoms with Crippen LogP contribution in [-0.4, -0.2) is 36.7 Å². The zero-order valence-corrected chi connectivity index (χ0v) is 16.0. The van der Waals surface area contributed by atoms with Crippen molar-refractivity contribution in [3.05, 3.63) is 48.0 Å². The number of para-hydroxylation sites is 1. The van der Waals surface area contributed by atoms with Crippen LogP contribution in [0.25, 0.3) is 11.1 Å². The van der Waals surface area contributed by atoms with Crippen LogP contribution < -0.4 is 9.47 Å². The smallest absolute Gasteiger partial charge is 0.127 e. The first kappa shape index (κ1) is 17.4. The fourth-order valence-electron chi connectivity index (χ4n) is 4.30. The third-order valence-electron chi connectivity index (χ3n) is 5.95. The molecule has 2 aromatic rings. The number of aryl methyl sites for hydroxylation is 1. The molecule has 0 radical (unpaired) electrons. The zero-order valence-electron chi connectivity index (χ0n) is 16.0. The maximum absolute atomic E-state index is 6.56. The molecule has 0 aromatic heterocycles. The number of likely N-dealkylation sites (tertiary alicyclic amines) is 1. The van der Waals surface area contributed by atoms with Crippen molar-refractivity contribution in [2.75, 3.05) is 26.2 Å². The van der Waals surface area contributed by atoms with Crippen LogP contribution in [0.5, 0.6) is 11.5 Å². The van der Waals surface area contributed by atoms with E-state index in [0.717, 1.165) is 62.4 Å². The third-order valence-corrected chi connectivity index (χ3v) is 5.95. The highest BCUT2D eigenvalue weighted by Crippen LogP contribution is 2.41. The normalized spacial score (nSPS) is 19.0. The van der Waals surface area contributed by atoms with Crippen LogP contribution in [0.3, 0.4) is 0 Å². The van der Waals surface area contributed by atoms with Crippen molar-refractivity contribution >= 4 is 0 Å². The lowest BCUT2D eigenvalue weighted by molar-refractivity contribution is -0.0132. The van der Waals surface area contributed by atoms with Gasteiger partial charge in [0.15, 0.2) is 0 Å². The van der Waals surface area contributed by atoms with E-state index in [-0.39, 0.29) is 5.60 Å². The molecule has 0 atom stereocenters. The van der Waals surface area contributed by atoms with Crippen molar-refractivity contribution in [3.63, 3.8) is 0 Å². The molecule has 26 heavy (non-hydrogen) atoms. The first-order valence-corrected chi connectivity index (χ1v) is 9.99. The fraction of sp³-hybridized carbons (Fsp3) is 0.478. The lowest BCUT2D eigenvalue weighted by Gasteiger charge is -2.44. The van der Waals surface area contributed by atoms with E-state index in [1.165, 1.54) is 11.1 Å². The largest absolute Gasteiger partial charge is 0.493 e. The van der Waals surface area contributed by atoms with Crippen LogP contribution in [0.15, 0.2) is 42.5 Å². The molecule has 138 valence electrons. The number of fused-ring (bicyclic) bond motifs is 1. The summed E-state index contributed by atoms with van der Waals surface area (Å²) in [5.74, 6) is 2.04. The summed E-state index contributed by atoms with van der Waals surface area (Å²) in [6.07, 6.45) is 4.53. The Kier molecular flexibility index (Phi) is 4.90. The van der Waals surface area contributed by atoms with Gasteiger partial charge in [0.05, 0.1) is 6.61 Å². The third kappa shape index (κ3) is 3.33. The van der Waals surface area contributed by atoms with Gasteiger partial charge in [-0.3, -0.25) is 0 Å². The number of rotatable bonds is 4. The Morgan fingerprint density at radius 3 is 2.62 bits per heavy atom. The fourth-order valence-corrected chi connectivity index (χ4v) is 4.30. The van der Waals surface area contributed by atoms with Gasteiger partial charge in [-0.1, -0.05) is 31.2 Å². The summed E-state index contributed by atoms with van der Waals surface area (Å²) in [5.41, 5.74) is 3.77. The van der Waals surface area contributed by atoms with E-state index in [1.807, 2.05) is 19.1 Å². The minimum atomic E-state index is 0.0589. The van der Waals surface area contributed by atoms with E-state index in [0.29, 0.717) is 6.61 Å². The van der Waals surface area contributed by atoms with E-state index in [2.05, 4.69) is 42.2 Å². The predicted octanol–water partition coefficient (Wildman–Crippen LogP) is 4.93. The highest BCUT2D eigenvalue weighted by atomic mass is 16.5. The highest BCUT2D eigenvalue weighted by molar-refractivity contribution is 5.72. The van der Waals surface area contributed by atoms with Crippen molar-refractivity contribution < 1.29 is 9.47 Å². The lowest BCUT2D eigenvalue weighted by Crippen LogP contribution is -2.49. The standard InChI is InChI=1S/C23H29NO2/c1-3-24-15-13-23(14-16-24)12-11-19-17-18(9-10-21(19)26-23)20-7-5-6-8-22(20)25-4-2/h5-10,17H,3-4,11-16H2,1-2H3. The topological polar surface area (TPSA) is 21.7 Å². The number of piperidine rings is 1. The number of ether oxygens (including phenoxy) is 2. The van der Waals surface area contributed by atoms with Gasteiger partial charge in [0.1, 0.15) is 17.1 Å². The molecule has 2 aliphatic heterocycles. The number of nitrogens with zero attached hydrogens (tertiary/aromatic N) is 1. The molecular formula is C23H29NO2. The van der Waals surface area contributed by atoms with Crippen molar-refractivity contribution in [2.45, 2.75) is 45.1 Å². The van der Waals surface area contributed by atoms with E-state index in [1.54, 1.807) is 0 Å². The van der Waals surface area contributed by atoms with Gasteiger partial charge in [0.25, 0.3) is 0 Å². The molecule has 1 fully saturated rings. The Morgan fingerprint density at radius 2 is 1.85 bits per heavy atom. The molecule has 2 aromatic carbocycles. The lowest BCUT2D eigenvalue weighted by atomic mass is 9.82. The van der Waals surface area contributed by atoms with E-state index >= 15 is 0 Å². The van der Waals surface area contributed by atoms with Crippen LogP contribution in [0.4, 0.5) is 0 Å². The summed E-state index contributed by atoms with van der Waals surface area (Å²) in [6, 6.07) is 14.9. The molecule has 0 N–H and O–H groups in total. The Balaban J connectivity index is 1.57. The molecule has 0 saturated carbocycles. The quantitative estimate of drug-likeness (QED) is 0.779. The molecular weight excluding hydrogens is 322 g/mol. The van der Waals surface area contributed by atoms with E-state index in [9.17, 15) is 0 Å². The zero-order chi connectivity index (χ0) is 18.0. The first-order valence-electron chi connectivity index (χ1n) is 9.99. The average molecular weight is 351 g/mol. The van der Waals surface area contributed by atoms with Gasteiger partial charge in [0, 0.05) is 18.7 Å². The van der Waals surface area contributed by atoms with Crippen molar-refractivity contribution in [1.82, 2.24) is 4.90 Å². The van der Waals surface area contributed by atoms with Gasteiger partial charge in [0.2, 0.25) is 0 Å². The molecule has 1 saturated heterocycles. The number of benzene rings is 2. The summed E-state index contributed by atoms with van der Waals surface area (Å²) >= 11 is 0. The maximum Gasteiger partial charge on any atom is 0.127 e. The summed E-state index contributed by atoms with van der Waals surface area (Å²) < 4.78 is 12.4. The van der Waals surface area contributed by atoms with Crippen molar-refractivity contribution in [3.8, 4) is 22.6 Å². The number of hydrogen-bond donors (Lipinski definition) is 0. The minimum Gasteiger partial charge on any atom is -0.493 e. The van der Waals surface area contributed by atoms with Gasteiger partial charge in [-0.2, -0.15) is 0 Å². The molecule has 3 heteroatoms. The molecule has 0 bridgehead atoms. The van der Waals surface area contributed by atoms with Gasteiger partial charge in [-0.25, -0.2) is 0 Å². The van der Waals surface area contributed by atoms with Crippen molar-refractivity contribution in [2.24, 2.45) is 0 Å². The molecule has 0 amide bonds. The average Bonchev–Trinajstić information content (AvgIpc) is 2.69. The molecule has 0 unspecified atom stereocenters. The maximum atomic E-state index is 6.56. The Hall–Kier alpha value is -2.00. The highest BCUT2D eigenvalue weighted by Gasteiger charge is 2.39. The minimum absolute atomic E-state index is 0.0589. The van der Waals surface area contributed by atoms with E-state index in [4.69, 9.17) is 9.47 Å². The molecule has 2 aliphatic rings. The van der Waals surface area contributed by atoms with Crippen LogP contribution in [0.1, 0.15) is 38.7 Å². The summed E-state index contributed by atoms with van der Waals surface area (Å²) in [6.45, 7) is 8.42. The summed E-state index contributed by atoms with van der Waals surface area (Å²) in [4.78, 5) is 2.53. The van der Waals surface area contributed by atoms with Crippen LogP contribution in [-0.2, 0) is 6.42 Å². The van der Waals surface area contributed by atoms with E-state index < -0.39 is 0 Å². The first-order chi connectivity index (χ1) is 12.7. The second-order valence-corrected chi connectivity index (χ2v) is 7.47. The van der Waals surface area contributed by atoms with Gasteiger partial charge in [-0.05, 0) is 68.5 Å². The predicted molar refractivity (Wildman–Crippen MR) is 106 cm³/mol. The summed E-state index contributed by atoms with van der Waals surface area (Å²) in [7, 11) is 0. The van der Waals surface area contributed by atoms with Crippen molar-refractivity contribution in [1.29, 1.82) is 0 Å². The SMILES string of the molecule is CCOc1ccccc1-c1ccc2c(c1)CCC1(CCN(CC)CC1)O2. The molecule has 0 aliphatic carbocycles. The molecule has 4 rings (SSSR count). The monoisotopic (exact) mass is 351 g/mol. The molecule has 3 nitrogen and oxygen atoms in total. The Morgan fingerprint density at radius 1 is 1.04 bits per heavy atom. The van der Waals surface area contributed by atoms with Crippen LogP contribution >= 0.6 is 0 Å². The van der Waals surface area contributed by atoms with Crippen LogP contribution in [0, 0.1) is 0 Å².